The van der Waals surface area contributed by atoms with Crippen LogP contribution in [0.15, 0.2) is 22.7 Å². The average molecular weight is 270 g/mol. The van der Waals surface area contributed by atoms with Crippen LogP contribution < -0.4 is 0 Å². The molecule has 1 aromatic rings. The number of hydrogen-bond donors (Lipinski definition) is 0. The van der Waals surface area contributed by atoms with Crippen LogP contribution in [0.1, 0.15) is 25.3 Å². The number of hydrogen-bond acceptors (Lipinski definition) is 0. The highest BCUT2D eigenvalue weighted by Gasteiger charge is 2.03. The molecule has 1 aromatic carbocycles. The maximum absolute atomic E-state index is 5.79. The molecule has 0 bridgehead atoms. The van der Waals surface area contributed by atoms with Crippen molar-refractivity contribution in [1.29, 1.82) is 0 Å². The van der Waals surface area contributed by atoms with E-state index < -0.39 is 0 Å². The lowest BCUT2D eigenvalue weighted by atomic mass is 10.0. The fourth-order valence-corrected chi connectivity index (χ4v) is 2.11. The van der Waals surface area contributed by atoms with E-state index in [2.05, 4.69) is 35.8 Å². The van der Waals surface area contributed by atoms with Crippen LogP contribution in [0.5, 0.6) is 0 Å². The van der Waals surface area contributed by atoms with Gasteiger partial charge in [0.2, 0.25) is 0 Å². The van der Waals surface area contributed by atoms with E-state index in [0.29, 0.717) is 5.92 Å². The van der Waals surface area contributed by atoms with Gasteiger partial charge in [-0.1, -0.05) is 47.4 Å². The third kappa shape index (κ3) is 2.96. The van der Waals surface area contributed by atoms with E-state index in [4.69, 9.17) is 11.6 Å². The first-order chi connectivity index (χ1) is 5.11. The monoisotopic (exact) mass is 268 g/mol. The van der Waals surface area contributed by atoms with Crippen molar-refractivity contribution >= 4 is 39.9 Å². The number of benzene rings is 1. The second-order valence-electron chi connectivity index (χ2n) is 2.82. The lowest BCUT2D eigenvalue weighted by molar-refractivity contribution is 0.861. The molecule has 68 valence electrons. The van der Waals surface area contributed by atoms with E-state index >= 15 is 0 Å². The Balaban J connectivity index is 0.00000121. The van der Waals surface area contributed by atoms with Crippen LogP contribution >= 0.6 is 39.9 Å². The summed E-state index contributed by atoms with van der Waals surface area (Å²) in [7, 11) is 0. The Morgan fingerprint density at radius 1 is 1.33 bits per heavy atom. The van der Waals surface area contributed by atoms with Crippen molar-refractivity contribution in [1.82, 2.24) is 0 Å². The summed E-state index contributed by atoms with van der Waals surface area (Å²) in [5.74, 6) is 0.543. The van der Waals surface area contributed by atoms with Gasteiger partial charge in [-0.2, -0.15) is 0 Å². The Bertz CT molecular complexity index is 259. The van der Waals surface area contributed by atoms with E-state index in [0.717, 1.165) is 9.50 Å². The smallest absolute Gasteiger partial charge is 0.0417 e. The summed E-state index contributed by atoms with van der Waals surface area (Å²) in [5.41, 5.74) is 1.30. The van der Waals surface area contributed by atoms with E-state index in [1.807, 2.05) is 12.1 Å². The average Bonchev–Trinajstić information content (AvgIpc) is 1.85. The fourth-order valence-electron chi connectivity index (χ4n) is 0.970. The predicted octanol–water partition coefficient (Wildman–Crippen LogP) is 4.65. The van der Waals surface area contributed by atoms with Gasteiger partial charge in [0.05, 0.1) is 0 Å². The van der Waals surface area contributed by atoms with Gasteiger partial charge in [0.1, 0.15) is 0 Å². The van der Waals surface area contributed by atoms with Crippen molar-refractivity contribution in [2.45, 2.75) is 19.8 Å². The molecule has 3 heteroatoms. The van der Waals surface area contributed by atoms with Crippen molar-refractivity contribution in [2.75, 3.05) is 0 Å². The molecule has 0 aromatic heterocycles. The molecule has 0 nitrogen and oxygen atoms in total. The molecule has 0 aliphatic carbocycles. The van der Waals surface area contributed by atoms with Gasteiger partial charge in [0.15, 0.2) is 0 Å². The van der Waals surface area contributed by atoms with Crippen molar-refractivity contribution in [3.63, 3.8) is 0 Å². The summed E-state index contributed by atoms with van der Waals surface area (Å²) < 4.78 is 1.10. The molecule has 1 rings (SSSR count). The van der Waals surface area contributed by atoms with Crippen molar-refractivity contribution in [2.24, 2.45) is 0 Å². The van der Waals surface area contributed by atoms with Crippen molar-refractivity contribution in [3.8, 4) is 0 Å². The highest BCUT2D eigenvalue weighted by molar-refractivity contribution is 9.10. The zero-order chi connectivity index (χ0) is 8.43. The van der Waals surface area contributed by atoms with Gasteiger partial charge in [0.25, 0.3) is 0 Å². The molecule has 0 aliphatic rings. The Kier molecular flexibility index (Phi) is 5.22. The van der Waals surface area contributed by atoms with Crippen LogP contribution in [0, 0.1) is 0 Å². The number of halogens is 3. The molecule has 0 fully saturated rings. The Morgan fingerprint density at radius 3 is 2.33 bits per heavy atom. The molecule has 0 heterocycles. The fraction of sp³-hybridized carbons (Fsp3) is 0.333. The molecular formula is C9H11BrCl2. The summed E-state index contributed by atoms with van der Waals surface area (Å²) in [6, 6.07) is 5.90. The highest BCUT2D eigenvalue weighted by atomic mass is 79.9. The lowest BCUT2D eigenvalue weighted by Gasteiger charge is -2.07. The minimum absolute atomic E-state index is 0. The first-order valence-corrected chi connectivity index (χ1v) is 4.73. The molecule has 0 aliphatic heterocycles. The standard InChI is InChI=1S/C9H10BrCl.ClH/c1-6(2)8-4-3-7(11)5-9(8)10;/h3-6H,1-2H3;1H. The van der Waals surface area contributed by atoms with Crippen molar-refractivity contribution < 1.29 is 0 Å². The van der Waals surface area contributed by atoms with E-state index in [1.54, 1.807) is 0 Å². The molecule has 0 amide bonds. The van der Waals surface area contributed by atoms with Gasteiger partial charge in [-0.3, -0.25) is 0 Å². The van der Waals surface area contributed by atoms with Crippen LogP contribution in [0.3, 0.4) is 0 Å². The van der Waals surface area contributed by atoms with E-state index in [9.17, 15) is 0 Å². The Labute approximate surface area is 92.9 Å². The topological polar surface area (TPSA) is 0 Å². The molecule has 0 N–H and O–H groups in total. The zero-order valence-electron chi connectivity index (χ0n) is 6.97. The molecule has 0 radical (unpaired) electrons. The van der Waals surface area contributed by atoms with Gasteiger partial charge in [0, 0.05) is 9.50 Å². The van der Waals surface area contributed by atoms with E-state index in [-0.39, 0.29) is 12.4 Å². The van der Waals surface area contributed by atoms with Gasteiger partial charge in [-0.15, -0.1) is 12.4 Å². The molecule has 0 atom stereocenters. The second-order valence-corrected chi connectivity index (χ2v) is 4.11. The molecule has 0 saturated carbocycles. The van der Waals surface area contributed by atoms with Crippen molar-refractivity contribution in [3.05, 3.63) is 33.3 Å². The van der Waals surface area contributed by atoms with Crippen LogP contribution in [0.2, 0.25) is 5.02 Å². The minimum atomic E-state index is 0. The SMILES string of the molecule is CC(C)c1ccc(Cl)cc1Br.Cl. The Morgan fingerprint density at radius 2 is 1.92 bits per heavy atom. The molecule has 0 spiro atoms. The first-order valence-electron chi connectivity index (χ1n) is 3.56. The van der Waals surface area contributed by atoms with Crippen LogP contribution in [0.25, 0.3) is 0 Å². The second kappa shape index (κ2) is 5.11. The van der Waals surface area contributed by atoms with Crippen LogP contribution in [0.4, 0.5) is 0 Å². The molecular weight excluding hydrogens is 259 g/mol. The molecule has 0 saturated heterocycles. The van der Waals surface area contributed by atoms with Crippen LogP contribution in [-0.2, 0) is 0 Å². The summed E-state index contributed by atoms with van der Waals surface area (Å²) >= 11 is 9.25. The van der Waals surface area contributed by atoms with Gasteiger partial charge >= 0.3 is 0 Å². The highest BCUT2D eigenvalue weighted by Crippen LogP contribution is 2.27. The zero-order valence-corrected chi connectivity index (χ0v) is 10.1. The maximum atomic E-state index is 5.79. The third-order valence-corrected chi connectivity index (χ3v) is 2.51. The summed E-state index contributed by atoms with van der Waals surface area (Å²) in [6.07, 6.45) is 0. The maximum Gasteiger partial charge on any atom is 0.0417 e. The predicted molar refractivity (Wildman–Crippen MR) is 60.5 cm³/mol. The number of rotatable bonds is 1. The van der Waals surface area contributed by atoms with E-state index in [1.165, 1.54) is 5.56 Å². The quantitative estimate of drug-likeness (QED) is 0.696. The lowest BCUT2D eigenvalue weighted by Crippen LogP contribution is -1.87. The molecule has 0 unspecified atom stereocenters. The third-order valence-electron chi connectivity index (χ3n) is 1.58. The van der Waals surface area contributed by atoms with Gasteiger partial charge in [-0.05, 0) is 23.6 Å². The first kappa shape index (κ1) is 12.3. The van der Waals surface area contributed by atoms with Gasteiger partial charge in [-0.25, -0.2) is 0 Å². The van der Waals surface area contributed by atoms with Gasteiger partial charge < -0.3 is 0 Å². The summed E-state index contributed by atoms with van der Waals surface area (Å²) in [5, 5.41) is 0.779. The largest absolute Gasteiger partial charge is 0.147 e. The summed E-state index contributed by atoms with van der Waals surface area (Å²) in [4.78, 5) is 0. The normalized spacial score (nSPS) is 9.75. The summed E-state index contributed by atoms with van der Waals surface area (Å²) in [6.45, 7) is 4.32. The Hall–Kier alpha value is 0.280. The van der Waals surface area contributed by atoms with Crippen LogP contribution in [-0.4, -0.2) is 0 Å². The minimum Gasteiger partial charge on any atom is -0.147 e. The molecule has 12 heavy (non-hydrogen) atoms.